The molecule has 1 saturated heterocycles. The third kappa shape index (κ3) is 3.67. The van der Waals surface area contributed by atoms with Crippen LogP contribution in [0.3, 0.4) is 0 Å². The maximum absolute atomic E-state index is 12.4. The number of piperidine rings is 1. The minimum Gasteiger partial charge on any atom is -0.343 e. The number of hydrogen-bond donors (Lipinski definition) is 2. The van der Waals surface area contributed by atoms with Crippen LogP contribution in [0.25, 0.3) is 0 Å². The van der Waals surface area contributed by atoms with Crippen molar-refractivity contribution in [2.45, 2.75) is 63.3 Å². The average molecular weight is 358 g/mol. The van der Waals surface area contributed by atoms with Crippen molar-refractivity contribution in [2.75, 3.05) is 19.6 Å². The Morgan fingerprint density at radius 2 is 1.62 bits per heavy atom. The molecule has 5 fully saturated rings. The molecule has 0 atom stereocenters. The summed E-state index contributed by atoms with van der Waals surface area (Å²) in [7, 11) is 0. The number of carbonyl (C=O) groups excluding carboxylic acids is 2. The highest BCUT2D eigenvalue weighted by atomic mass is 16.2. The van der Waals surface area contributed by atoms with Gasteiger partial charge in [0.05, 0.1) is 6.07 Å². The molecule has 5 rings (SSSR count). The lowest BCUT2D eigenvalue weighted by molar-refractivity contribution is -0.132. The SMILES string of the molecule is N#CC1CCN(C(=O)CCNC(=O)NC23CC4CC(CC(C4)C2)C3)CC1. The lowest BCUT2D eigenvalue weighted by atomic mass is 9.53. The Labute approximate surface area is 155 Å². The first-order valence-electron chi connectivity index (χ1n) is 10.3. The first-order valence-corrected chi connectivity index (χ1v) is 10.3. The van der Waals surface area contributed by atoms with Crippen LogP contribution in [0.2, 0.25) is 0 Å². The highest BCUT2D eigenvalue weighted by molar-refractivity contribution is 5.78. The van der Waals surface area contributed by atoms with Gasteiger partial charge in [0.2, 0.25) is 5.91 Å². The van der Waals surface area contributed by atoms with Crippen molar-refractivity contribution in [1.29, 1.82) is 5.26 Å². The van der Waals surface area contributed by atoms with Crippen molar-refractivity contribution in [3.8, 4) is 6.07 Å². The first kappa shape index (κ1) is 17.6. The molecular formula is C20H30N4O2. The van der Waals surface area contributed by atoms with E-state index < -0.39 is 0 Å². The van der Waals surface area contributed by atoms with Gasteiger partial charge >= 0.3 is 6.03 Å². The van der Waals surface area contributed by atoms with Crippen LogP contribution in [0.5, 0.6) is 0 Å². The molecule has 0 spiro atoms. The molecule has 3 amide bonds. The molecule has 4 bridgehead atoms. The monoisotopic (exact) mass is 358 g/mol. The zero-order valence-electron chi connectivity index (χ0n) is 15.5. The molecule has 0 aromatic carbocycles. The summed E-state index contributed by atoms with van der Waals surface area (Å²) in [4.78, 5) is 26.5. The smallest absolute Gasteiger partial charge is 0.315 e. The Morgan fingerprint density at radius 1 is 1.04 bits per heavy atom. The van der Waals surface area contributed by atoms with E-state index in [-0.39, 0.29) is 23.4 Å². The molecule has 1 aliphatic heterocycles. The lowest BCUT2D eigenvalue weighted by Gasteiger charge is -2.56. The van der Waals surface area contributed by atoms with Crippen molar-refractivity contribution in [3.05, 3.63) is 0 Å². The molecule has 5 aliphatic rings. The standard InChI is InChI=1S/C20H30N4O2/c21-13-14-2-5-24(6-3-14)18(25)1-4-22-19(26)23-20-10-15-7-16(11-20)9-17(8-15)12-20/h14-17H,1-12H2,(H2,22,23,26). The number of rotatable bonds is 4. The van der Waals surface area contributed by atoms with Gasteiger partial charge in [-0.05, 0) is 69.1 Å². The van der Waals surface area contributed by atoms with Crippen molar-refractivity contribution in [2.24, 2.45) is 23.7 Å². The summed E-state index contributed by atoms with van der Waals surface area (Å²) < 4.78 is 0. The van der Waals surface area contributed by atoms with E-state index in [1.807, 2.05) is 4.90 Å². The van der Waals surface area contributed by atoms with Crippen LogP contribution in [0.15, 0.2) is 0 Å². The second-order valence-corrected chi connectivity index (χ2v) is 9.11. The summed E-state index contributed by atoms with van der Waals surface area (Å²) in [5.74, 6) is 2.58. The number of nitriles is 1. The summed E-state index contributed by atoms with van der Waals surface area (Å²) in [6.07, 6.45) is 9.37. The highest BCUT2D eigenvalue weighted by Gasteiger charge is 2.51. The van der Waals surface area contributed by atoms with Gasteiger partial charge in [-0.1, -0.05) is 0 Å². The van der Waals surface area contributed by atoms with E-state index in [0.29, 0.717) is 26.1 Å². The van der Waals surface area contributed by atoms with E-state index in [9.17, 15) is 9.59 Å². The summed E-state index contributed by atoms with van der Waals surface area (Å²) >= 11 is 0. The minimum absolute atomic E-state index is 0.0159. The van der Waals surface area contributed by atoms with E-state index in [2.05, 4.69) is 16.7 Å². The van der Waals surface area contributed by atoms with Crippen LogP contribution in [-0.2, 0) is 4.79 Å². The number of urea groups is 1. The molecule has 2 N–H and O–H groups in total. The van der Waals surface area contributed by atoms with Crippen molar-refractivity contribution < 1.29 is 9.59 Å². The zero-order chi connectivity index (χ0) is 18.1. The van der Waals surface area contributed by atoms with Gasteiger partial charge in [-0.15, -0.1) is 0 Å². The van der Waals surface area contributed by atoms with Crippen molar-refractivity contribution in [1.82, 2.24) is 15.5 Å². The van der Waals surface area contributed by atoms with E-state index in [1.165, 1.54) is 19.3 Å². The number of hydrogen-bond acceptors (Lipinski definition) is 3. The van der Waals surface area contributed by atoms with Gasteiger partial charge < -0.3 is 15.5 Å². The maximum Gasteiger partial charge on any atom is 0.315 e. The van der Waals surface area contributed by atoms with E-state index in [4.69, 9.17) is 5.26 Å². The topological polar surface area (TPSA) is 85.2 Å². The Kier molecular flexibility index (Phi) is 4.81. The summed E-state index contributed by atoms with van der Waals surface area (Å²) in [5.41, 5.74) is 0.0159. The Balaban J connectivity index is 1.19. The first-order chi connectivity index (χ1) is 12.5. The van der Waals surface area contributed by atoms with Gasteiger partial charge in [0.15, 0.2) is 0 Å². The van der Waals surface area contributed by atoms with E-state index in [1.54, 1.807) is 0 Å². The molecule has 142 valence electrons. The fourth-order valence-electron chi connectivity index (χ4n) is 6.25. The molecule has 1 heterocycles. The molecule has 0 aromatic heterocycles. The van der Waals surface area contributed by atoms with Crippen LogP contribution in [0.4, 0.5) is 4.79 Å². The Hall–Kier alpha value is -1.77. The fraction of sp³-hybridized carbons (Fsp3) is 0.850. The van der Waals surface area contributed by atoms with Gasteiger partial charge in [0.1, 0.15) is 0 Å². The lowest BCUT2D eigenvalue weighted by Crippen LogP contribution is -2.61. The predicted molar refractivity (Wildman–Crippen MR) is 97.0 cm³/mol. The van der Waals surface area contributed by atoms with Gasteiger partial charge in [-0.25, -0.2) is 4.79 Å². The second kappa shape index (κ2) is 7.09. The van der Waals surface area contributed by atoms with E-state index >= 15 is 0 Å². The van der Waals surface area contributed by atoms with Gasteiger partial charge in [0.25, 0.3) is 0 Å². The molecular weight excluding hydrogens is 328 g/mol. The summed E-state index contributed by atoms with van der Waals surface area (Å²) in [5, 5.41) is 15.1. The van der Waals surface area contributed by atoms with Crippen LogP contribution >= 0.6 is 0 Å². The molecule has 0 unspecified atom stereocenters. The molecule has 4 saturated carbocycles. The highest BCUT2D eigenvalue weighted by Crippen LogP contribution is 2.55. The largest absolute Gasteiger partial charge is 0.343 e. The fourth-order valence-corrected chi connectivity index (χ4v) is 6.25. The molecule has 6 heteroatoms. The molecule has 0 aromatic rings. The average Bonchev–Trinajstić information content (AvgIpc) is 2.60. The number of carbonyl (C=O) groups is 2. The molecule has 4 aliphatic carbocycles. The zero-order valence-corrected chi connectivity index (χ0v) is 15.5. The Morgan fingerprint density at radius 3 is 2.15 bits per heavy atom. The number of amides is 3. The van der Waals surface area contributed by atoms with Crippen LogP contribution < -0.4 is 10.6 Å². The maximum atomic E-state index is 12.4. The van der Waals surface area contributed by atoms with Gasteiger partial charge in [-0.3, -0.25) is 4.79 Å². The normalized spacial score (nSPS) is 35.8. The number of likely N-dealkylation sites (tertiary alicyclic amines) is 1. The summed E-state index contributed by atoms with van der Waals surface area (Å²) in [6, 6.07) is 2.17. The minimum atomic E-state index is -0.108. The molecule has 6 nitrogen and oxygen atoms in total. The quantitative estimate of drug-likeness (QED) is 0.809. The predicted octanol–water partition coefficient (Wildman–Crippen LogP) is 2.41. The summed E-state index contributed by atoms with van der Waals surface area (Å²) in [6.45, 7) is 1.71. The van der Waals surface area contributed by atoms with Crippen LogP contribution in [0.1, 0.15) is 57.8 Å². The van der Waals surface area contributed by atoms with Crippen molar-refractivity contribution >= 4 is 11.9 Å². The second-order valence-electron chi connectivity index (χ2n) is 9.11. The number of nitrogens with zero attached hydrogens (tertiary/aromatic N) is 2. The van der Waals surface area contributed by atoms with Crippen molar-refractivity contribution in [3.63, 3.8) is 0 Å². The van der Waals surface area contributed by atoms with E-state index in [0.717, 1.165) is 49.9 Å². The molecule has 0 radical (unpaired) electrons. The van der Waals surface area contributed by atoms with Crippen LogP contribution in [0, 0.1) is 35.0 Å². The van der Waals surface area contributed by atoms with Gasteiger partial charge in [0, 0.05) is 37.5 Å². The van der Waals surface area contributed by atoms with Crippen LogP contribution in [-0.4, -0.2) is 42.0 Å². The number of nitrogens with one attached hydrogen (secondary N) is 2. The van der Waals surface area contributed by atoms with Gasteiger partial charge in [-0.2, -0.15) is 5.26 Å². The third-order valence-electron chi connectivity index (χ3n) is 7.07. The Bertz CT molecular complexity index is 568. The third-order valence-corrected chi connectivity index (χ3v) is 7.07. The molecule has 26 heavy (non-hydrogen) atoms.